The van der Waals surface area contributed by atoms with E-state index in [2.05, 4.69) is 74.6 Å². The number of benzene rings is 2. The van der Waals surface area contributed by atoms with Gasteiger partial charge in [0.1, 0.15) is 21.9 Å². The number of aromatic nitrogens is 2. The van der Waals surface area contributed by atoms with Crippen LogP contribution in [-0.4, -0.2) is 22.3 Å². The lowest BCUT2D eigenvalue weighted by molar-refractivity contribution is 0.344. The van der Waals surface area contributed by atoms with E-state index in [1.807, 2.05) is 12.1 Å². The topological polar surface area (TPSA) is 35.0 Å². The van der Waals surface area contributed by atoms with Gasteiger partial charge in [-0.2, -0.15) is 0 Å². The van der Waals surface area contributed by atoms with Gasteiger partial charge < -0.3 is 4.74 Å². The number of hydrogen-bond donors (Lipinski definition) is 0. The van der Waals surface area contributed by atoms with E-state index >= 15 is 0 Å². The smallest absolute Gasteiger partial charge is 0.128 e. The Morgan fingerprint density at radius 2 is 1.81 bits per heavy atom. The highest BCUT2D eigenvalue weighted by atomic mass is 79.9. The van der Waals surface area contributed by atoms with Gasteiger partial charge in [-0.05, 0) is 36.8 Å². The number of halogens is 1. The molecule has 0 spiro atoms. The summed E-state index contributed by atoms with van der Waals surface area (Å²) in [6, 6.07) is 16.5. The van der Waals surface area contributed by atoms with Crippen LogP contribution in [0.2, 0.25) is 0 Å². The fraction of sp³-hybridized carbons (Fsp3) is 0.143. The highest BCUT2D eigenvalue weighted by Crippen LogP contribution is 2.38. The lowest BCUT2D eigenvalue weighted by atomic mass is 10.1. The maximum Gasteiger partial charge on any atom is 0.128 e. The molecule has 0 aliphatic heterocycles. The molecule has 4 rings (SSSR count). The van der Waals surface area contributed by atoms with Crippen LogP contribution < -0.4 is 4.74 Å². The van der Waals surface area contributed by atoms with Gasteiger partial charge in [0.15, 0.2) is 0 Å². The van der Waals surface area contributed by atoms with Crippen LogP contribution >= 0.6 is 39.0 Å². The maximum absolute atomic E-state index is 5.84. The molecule has 2 heterocycles. The molecule has 2 aromatic carbocycles. The highest BCUT2D eigenvalue weighted by Gasteiger charge is 2.13. The second-order valence-corrected chi connectivity index (χ2v) is 8.88. The summed E-state index contributed by atoms with van der Waals surface area (Å²) in [6.45, 7) is 2.71. The number of thioether (sulfide) groups is 1. The van der Waals surface area contributed by atoms with Crippen molar-refractivity contribution in [3.05, 3.63) is 70.3 Å². The Morgan fingerprint density at radius 3 is 2.59 bits per heavy atom. The molecule has 0 radical (unpaired) electrons. The maximum atomic E-state index is 5.84. The Morgan fingerprint density at radius 1 is 1.04 bits per heavy atom. The number of fused-ring (bicyclic) bond motifs is 1. The number of nitrogens with zero attached hydrogens (tertiary/aromatic N) is 2. The van der Waals surface area contributed by atoms with Crippen molar-refractivity contribution in [2.24, 2.45) is 0 Å². The Bertz CT molecular complexity index is 1050. The fourth-order valence-corrected chi connectivity index (χ4v) is 4.81. The van der Waals surface area contributed by atoms with Crippen molar-refractivity contribution in [3.8, 4) is 16.9 Å². The van der Waals surface area contributed by atoms with E-state index < -0.39 is 0 Å². The van der Waals surface area contributed by atoms with E-state index in [-0.39, 0.29) is 0 Å². The van der Waals surface area contributed by atoms with Crippen LogP contribution in [0.1, 0.15) is 5.56 Å². The predicted molar refractivity (Wildman–Crippen MR) is 118 cm³/mol. The van der Waals surface area contributed by atoms with Crippen molar-refractivity contribution in [1.82, 2.24) is 9.97 Å². The first kappa shape index (κ1) is 18.5. The Balaban J connectivity index is 1.50. The summed E-state index contributed by atoms with van der Waals surface area (Å²) in [5.74, 6) is 1.73. The predicted octanol–water partition coefficient (Wildman–Crippen LogP) is 6.60. The van der Waals surface area contributed by atoms with E-state index in [9.17, 15) is 0 Å². The molecule has 0 aliphatic rings. The monoisotopic (exact) mass is 456 g/mol. The summed E-state index contributed by atoms with van der Waals surface area (Å²) in [5, 5.41) is 4.30. The zero-order valence-corrected chi connectivity index (χ0v) is 17.9. The van der Waals surface area contributed by atoms with Crippen LogP contribution in [-0.2, 0) is 0 Å². The molecule has 0 amide bonds. The molecule has 2 aromatic heterocycles. The van der Waals surface area contributed by atoms with E-state index in [1.165, 1.54) is 16.7 Å². The molecule has 0 N–H and O–H groups in total. The molecular weight excluding hydrogens is 440 g/mol. The van der Waals surface area contributed by atoms with Crippen LogP contribution in [0.4, 0.5) is 0 Å². The zero-order valence-electron chi connectivity index (χ0n) is 14.7. The number of thiophene rings is 1. The van der Waals surface area contributed by atoms with Crippen LogP contribution in [0.5, 0.6) is 5.75 Å². The molecule has 0 atom stereocenters. The molecule has 0 saturated carbocycles. The minimum atomic E-state index is 0.636. The quantitative estimate of drug-likeness (QED) is 0.186. The van der Waals surface area contributed by atoms with Gasteiger partial charge in [-0.25, -0.2) is 9.97 Å². The van der Waals surface area contributed by atoms with Crippen molar-refractivity contribution in [3.63, 3.8) is 0 Å². The zero-order chi connectivity index (χ0) is 18.6. The summed E-state index contributed by atoms with van der Waals surface area (Å²) in [4.78, 5) is 9.99. The third-order valence-electron chi connectivity index (χ3n) is 4.10. The van der Waals surface area contributed by atoms with Crippen LogP contribution in [0.15, 0.2) is 69.7 Å². The number of rotatable bonds is 6. The molecule has 0 unspecified atom stereocenters. The van der Waals surface area contributed by atoms with Crippen molar-refractivity contribution in [2.45, 2.75) is 11.9 Å². The Kier molecular flexibility index (Phi) is 5.76. The van der Waals surface area contributed by atoms with Gasteiger partial charge in [0.2, 0.25) is 0 Å². The molecule has 6 heteroatoms. The third-order valence-corrected chi connectivity index (χ3v) is 6.47. The number of hydrogen-bond acceptors (Lipinski definition) is 5. The fourth-order valence-electron chi connectivity index (χ4n) is 2.73. The van der Waals surface area contributed by atoms with Gasteiger partial charge in [0.05, 0.1) is 12.0 Å². The van der Waals surface area contributed by atoms with Crippen LogP contribution in [0.3, 0.4) is 0 Å². The minimum Gasteiger partial charge on any atom is -0.493 e. The molecule has 3 nitrogen and oxygen atoms in total. The van der Waals surface area contributed by atoms with E-state index in [0.29, 0.717) is 6.61 Å². The molecule has 0 bridgehead atoms. The molecule has 0 saturated heterocycles. The first-order valence-corrected chi connectivity index (χ1v) is 11.2. The van der Waals surface area contributed by atoms with Gasteiger partial charge in [-0.3, -0.25) is 0 Å². The lowest BCUT2D eigenvalue weighted by Gasteiger charge is -2.07. The third kappa shape index (κ3) is 4.34. The van der Waals surface area contributed by atoms with Crippen LogP contribution in [0, 0.1) is 6.92 Å². The van der Waals surface area contributed by atoms with Gasteiger partial charge in [0, 0.05) is 21.2 Å². The van der Waals surface area contributed by atoms with Gasteiger partial charge >= 0.3 is 0 Å². The van der Waals surface area contributed by atoms with E-state index in [1.54, 1.807) is 29.4 Å². The number of ether oxygens (including phenoxy) is 1. The molecule has 0 aliphatic carbocycles. The van der Waals surface area contributed by atoms with Crippen molar-refractivity contribution >= 4 is 49.2 Å². The average molecular weight is 457 g/mol. The largest absolute Gasteiger partial charge is 0.493 e. The first-order chi connectivity index (χ1) is 13.2. The normalized spacial score (nSPS) is 11.0. The standard InChI is InChI=1S/C21H17BrN2OS2/c1-14-2-8-17(9-3-14)25-10-11-26-20-19-18(12-27-21(19)24-13-23-20)15-4-6-16(22)7-5-15/h2-9,12-13H,10-11H2,1H3. The number of aryl methyl sites for hydroxylation is 1. The Hall–Kier alpha value is -1.89. The van der Waals surface area contributed by atoms with Gasteiger partial charge in [-0.15, -0.1) is 23.1 Å². The second-order valence-electron chi connectivity index (χ2n) is 6.03. The average Bonchev–Trinajstić information content (AvgIpc) is 3.12. The summed E-state index contributed by atoms with van der Waals surface area (Å²) in [5.41, 5.74) is 3.60. The summed E-state index contributed by atoms with van der Waals surface area (Å²) in [6.07, 6.45) is 1.65. The second kappa shape index (κ2) is 8.42. The molecule has 136 valence electrons. The van der Waals surface area contributed by atoms with Crippen molar-refractivity contribution < 1.29 is 4.74 Å². The lowest BCUT2D eigenvalue weighted by Crippen LogP contribution is -2.00. The SMILES string of the molecule is Cc1ccc(OCCSc2ncnc3scc(-c4ccc(Br)cc4)c23)cc1. The molecule has 27 heavy (non-hydrogen) atoms. The van der Waals surface area contributed by atoms with E-state index in [0.717, 1.165) is 31.2 Å². The molecule has 4 aromatic rings. The van der Waals surface area contributed by atoms with E-state index in [4.69, 9.17) is 4.74 Å². The summed E-state index contributed by atoms with van der Waals surface area (Å²) >= 11 is 6.87. The summed E-state index contributed by atoms with van der Waals surface area (Å²) in [7, 11) is 0. The minimum absolute atomic E-state index is 0.636. The summed E-state index contributed by atoms with van der Waals surface area (Å²) < 4.78 is 6.91. The van der Waals surface area contributed by atoms with Gasteiger partial charge in [-0.1, -0.05) is 45.8 Å². The van der Waals surface area contributed by atoms with Crippen molar-refractivity contribution in [1.29, 1.82) is 0 Å². The van der Waals surface area contributed by atoms with Crippen LogP contribution in [0.25, 0.3) is 21.3 Å². The first-order valence-electron chi connectivity index (χ1n) is 8.51. The molecule has 0 fully saturated rings. The molecular formula is C21H17BrN2OS2. The highest BCUT2D eigenvalue weighted by molar-refractivity contribution is 9.10. The van der Waals surface area contributed by atoms with Crippen molar-refractivity contribution in [2.75, 3.05) is 12.4 Å². The Labute approximate surface area is 175 Å². The van der Waals surface area contributed by atoms with Gasteiger partial charge in [0.25, 0.3) is 0 Å².